The number of hydrogen-bond donors (Lipinski definition) is 1. The minimum atomic E-state index is -0.497. The first kappa shape index (κ1) is 14.7. The number of carbonyl (C=O) groups excluding carboxylic acids is 1. The summed E-state index contributed by atoms with van der Waals surface area (Å²) in [5, 5.41) is 0. The van der Waals surface area contributed by atoms with Crippen molar-refractivity contribution in [2.45, 2.75) is 25.8 Å². The Balaban J connectivity index is 3.38. The molecule has 90 valence electrons. The third kappa shape index (κ3) is 8.72. The number of carbonyl (C=O) groups is 1. The Hall–Kier alpha value is -0.260. The molecule has 0 heterocycles. The van der Waals surface area contributed by atoms with Crippen LogP contribution in [-0.4, -0.2) is 43.8 Å². The average molecular weight is 235 g/mol. The Morgan fingerprint density at radius 2 is 2.13 bits per heavy atom. The third-order valence-corrected chi connectivity index (χ3v) is 2.40. The average Bonchev–Trinajstić information content (AvgIpc) is 2.25. The highest BCUT2D eigenvalue weighted by molar-refractivity contribution is 7.98. The van der Waals surface area contributed by atoms with Gasteiger partial charge in [-0.2, -0.15) is 11.8 Å². The number of thioether (sulfide) groups is 1. The maximum absolute atomic E-state index is 11.3. The lowest BCUT2D eigenvalue weighted by Gasteiger charge is -2.10. The molecule has 2 N–H and O–H groups in total. The molecule has 1 atom stereocenters. The summed E-state index contributed by atoms with van der Waals surface area (Å²) >= 11 is 1.67. The highest BCUT2D eigenvalue weighted by Crippen LogP contribution is 2.00. The number of esters is 1. The zero-order valence-electron chi connectivity index (χ0n) is 9.53. The first-order chi connectivity index (χ1) is 7.22. The molecule has 0 aliphatic rings. The highest BCUT2D eigenvalue weighted by atomic mass is 32.2. The van der Waals surface area contributed by atoms with Gasteiger partial charge in [0, 0.05) is 6.61 Å². The minimum Gasteiger partial charge on any atom is -0.462 e. The molecule has 0 saturated carbocycles. The van der Waals surface area contributed by atoms with Crippen LogP contribution in [0.4, 0.5) is 0 Å². The molecule has 0 spiro atoms. The maximum atomic E-state index is 11.3. The van der Waals surface area contributed by atoms with Gasteiger partial charge in [0.1, 0.15) is 12.6 Å². The van der Waals surface area contributed by atoms with Crippen LogP contribution in [0.15, 0.2) is 0 Å². The molecule has 0 aromatic heterocycles. The van der Waals surface area contributed by atoms with E-state index in [1.165, 1.54) is 0 Å². The molecule has 5 heteroatoms. The zero-order chi connectivity index (χ0) is 11.5. The Morgan fingerprint density at radius 1 is 1.40 bits per heavy atom. The molecule has 0 aromatic rings. The van der Waals surface area contributed by atoms with E-state index in [4.69, 9.17) is 15.2 Å². The molecule has 0 aliphatic carbocycles. The summed E-state index contributed by atoms with van der Waals surface area (Å²) in [7, 11) is 0. The second-order valence-corrected chi connectivity index (χ2v) is 4.15. The van der Waals surface area contributed by atoms with Crippen LogP contribution in [0.5, 0.6) is 0 Å². The molecule has 0 saturated heterocycles. The molecule has 4 nitrogen and oxygen atoms in total. The van der Waals surface area contributed by atoms with Crippen molar-refractivity contribution in [2.75, 3.05) is 31.8 Å². The van der Waals surface area contributed by atoms with Crippen LogP contribution >= 0.6 is 11.8 Å². The van der Waals surface area contributed by atoms with Gasteiger partial charge in [-0.15, -0.1) is 0 Å². The Bertz CT molecular complexity index is 167. The van der Waals surface area contributed by atoms with Gasteiger partial charge in [0.2, 0.25) is 0 Å². The topological polar surface area (TPSA) is 61.5 Å². The molecule has 0 radical (unpaired) electrons. The van der Waals surface area contributed by atoms with E-state index in [0.29, 0.717) is 26.2 Å². The van der Waals surface area contributed by atoms with Crippen molar-refractivity contribution in [3.63, 3.8) is 0 Å². The number of nitrogens with two attached hydrogens (primary N) is 1. The molecular weight excluding hydrogens is 214 g/mol. The molecule has 0 bridgehead atoms. The van der Waals surface area contributed by atoms with E-state index < -0.39 is 6.04 Å². The van der Waals surface area contributed by atoms with Gasteiger partial charge in [0.25, 0.3) is 0 Å². The molecule has 0 aliphatic heterocycles. The maximum Gasteiger partial charge on any atom is 0.323 e. The van der Waals surface area contributed by atoms with E-state index in [9.17, 15) is 4.79 Å². The lowest BCUT2D eigenvalue weighted by atomic mass is 10.2. The van der Waals surface area contributed by atoms with Gasteiger partial charge < -0.3 is 15.2 Å². The van der Waals surface area contributed by atoms with E-state index in [-0.39, 0.29) is 5.97 Å². The molecular formula is C10H21NO3S. The van der Waals surface area contributed by atoms with Gasteiger partial charge in [0.05, 0.1) is 6.61 Å². The van der Waals surface area contributed by atoms with Crippen molar-refractivity contribution in [2.24, 2.45) is 5.73 Å². The largest absolute Gasteiger partial charge is 0.462 e. The first-order valence-electron chi connectivity index (χ1n) is 5.21. The lowest BCUT2D eigenvalue weighted by molar-refractivity contribution is -0.146. The summed E-state index contributed by atoms with van der Waals surface area (Å²) in [5.41, 5.74) is 5.62. The van der Waals surface area contributed by atoms with Crippen molar-refractivity contribution >= 4 is 17.7 Å². The summed E-state index contributed by atoms with van der Waals surface area (Å²) in [5.74, 6) is 0.548. The van der Waals surface area contributed by atoms with Gasteiger partial charge in [-0.1, -0.05) is 6.92 Å². The van der Waals surface area contributed by atoms with Crippen molar-refractivity contribution < 1.29 is 14.3 Å². The highest BCUT2D eigenvalue weighted by Gasteiger charge is 2.13. The van der Waals surface area contributed by atoms with Crippen LogP contribution in [-0.2, 0) is 14.3 Å². The summed E-state index contributed by atoms with van der Waals surface area (Å²) in [6.07, 6.45) is 3.62. The molecule has 0 rings (SSSR count). The number of ether oxygens (including phenoxy) is 2. The molecule has 0 unspecified atom stereocenters. The smallest absolute Gasteiger partial charge is 0.323 e. The quantitative estimate of drug-likeness (QED) is 0.478. The lowest BCUT2D eigenvalue weighted by Crippen LogP contribution is -2.33. The Kier molecular flexibility index (Phi) is 10.1. The first-order valence-corrected chi connectivity index (χ1v) is 6.60. The standard InChI is InChI=1S/C10H21NO3S/c1-3-5-13-6-7-14-10(12)9(11)4-8-15-2/h9H,3-8,11H2,1-2H3/t9-/m0/s1. The van der Waals surface area contributed by atoms with Crippen LogP contribution in [0.25, 0.3) is 0 Å². The van der Waals surface area contributed by atoms with Crippen LogP contribution < -0.4 is 5.73 Å². The van der Waals surface area contributed by atoms with E-state index in [2.05, 4.69) is 0 Å². The van der Waals surface area contributed by atoms with Crippen LogP contribution in [0.3, 0.4) is 0 Å². The second kappa shape index (κ2) is 10.3. The minimum absolute atomic E-state index is 0.297. The fourth-order valence-electron chi connectivity index (χ4n) is 0.917. The number of hydrogen-bond acceptors (Lipinski definition) is 5. The fraction of sp³-hybridized carbons (Fsp3) is 0.900. The summed E-state index contributed by atoms with van der Waals surface area (Å²) in [6.45, 7) is 3.49. The molecule has 0 amide bonds. The summed E-state index contributed by atoms with van der Waals surface area (Å²) in [6, 6.07) is -0.497. The van der Waals surface area contributed by atoms with Gasteiger partial charge in [-0.25, -0.2) is 0 Å². The third-order valence-electron chi connectivity index (χ3n) is 1.76. The second-order valence-electron chi connectivity index (χ2n) is 3.17. The predicted molar refractivity (Wildman–Crippen MR) is 63.0 cm³/mol. The van der Waals surface area contributed by atoms with Crippen molar-refractivity contribution in [3.8, 4) is 0 Å². The zero-order valence-corrected chi connectivity index (χ0v) is 10.3. The normalized spacial score (nSPS) is 12.5. The molecule has 0 fully saturated rings. The van der Waals surface area contributed by atoms with E-state index in [1.54, 1.807) is 11.8 Å². The summed E-state index contributed by atoms with van der Waals surface area (Å²) in [4.78, 5) is 11.3. The predicted octanol–water partition coefficient (Wildman–Crippen LogP) is 1.04. The molecule has 15 heavy (non-hydrogen) atoms. The van der Waals surface area contributed by atoms with Crippen molar-refractivity contribution in [1.82, 2.24) is 0 Å². The van der Waals surface area contributed by atoms with Gasteiger partial charge >= 0.3 is 5.97 Å². The van der Waals surface area contributed by atoms with Crippen LogP contribution in [0.1, 0.15) is 19.8 Å². The van der Waals surface area contributed by atoms with E-state index in [0.717, 1.165) is 12.2 Å². The van der Waals surface area contributed by atoms with E-state index in [1.807, 2.05) is 13.2 Å². The fourth-order valence-corrected chi connectivity index (χ4v) is 1.41. The van der Waals surface area contributed by atoms with Crippen molar-refractivity contribution in [1.29, 1.82) is 0 Å². The van der Waals surface area contributed by atoms with E-state index >= 15 is 0 Å². The van der Waals surface area contributed by atoms with Gasteiger partial charge in [-0.3, -0.25) is 4.79 Å². The molecule has 0 aromatic carbocycles. The Labute approximate surface area is 95.9 Å². The van der Waals surface area contributed by atoms with Gasteiger partial charge in [0.15, 0.2) is 0 Å². The number of rotatable bonds is 9. The SMILES string of the molecule is CCCOCCOC(=O)[C@@H](N)CCSC. The van der Waals surface area contributed by atoms with Crippen molar-refractivity contribution in [3.05, 3.63) is 0 Å². The van der Waals surface area contributed by atoms with Crippen LogP contribution in [0, 0.1) is 0 Å². The monoisotopic (exact) mass is 235 g/mol. The van der Waals surface area contributed by atoms with Crippen LogP contribution in [0.2, 0.25) is 0 Å². The summed E-state index contributed by atoms with van der Waals surface area (Å²) < 4.78 is 10.1. The Morgan fingerprint density at radius 3 is 2.73 bits per heavy atom. The van der Waals surface area contributed by atoms with Gasteiger partial charge in [-0.05, 0) is 24.9 Å².